The number of nitrogens with one attached hydrogen (secondary N) is 2. The molecule has 2 heterocycles. The van der Waals surface area contributed by atoms with E-state index in [1.54, 1.807) is 14.2 Å². The van der Waals surface area contributed by atoms with Crippen molar-refractivity contribution in [2.45, 2.75) is 25.9 Å². The molecule has 8 nitrogen and oxygen atoms in total. The quantitative estimate of drug-likeness (QED) is 0.382. The maximum absolute atomic E-state index is 5.48. The number of hydrogen-bond acceptors (Lipinski definition) is 5. The van der Waals surface area contributed by atoms with Crippen LogP contribution in [-0.2, 0) is 13.6 Å². The zero-order chi connectivity index (χ0) is 18.5. The van der Waals surface area contributed by atoms with Gasteiger partial charge in [-0.25, -0.2) is 0 Å². The van der Waals surface area contributed by atoms with E-state index in [0.717, 1.165) is 48.6 Å². The van der Waals surface area contributed by atoms with Crippen molar-refractivity contribution in [1.82, 2.24) is 25.4 Å². The van der Waals surface area contributed by atoms with Crippen LogP contribution < -0.4 is 20.3 Å². The maximum Gasteiger partial charge on any atom is 0.191 e. The van der Waals surface area contributed by atoms with Gasteiger partial charge in [-0.05, 0) is 25.5 Å². The third-order valence-corrected chi connectivity index (χ3v) is 4.78. The fraction of sp³-hybridized carbons (Fsp3) is 0.500. The molecular formula is C18H28IN7O. The number of nitrogens with zero attached hydrogens (tertiary/aromatic N) is 5. The number of anilines is 1. The first kappa shape index (κ1) is 21.3. The first-order valence-electron chi connectivity index (χ1n) is 8.82. The molecule has 1 aliphatic rings. The molecule has 0 saturated carbocycles. The van der Waals surface area contributed by atoms with E-state index in [9.17, 15) is 0 Å². The zero-order valence-corrected chi connectivity index (χ0v) is 18.6. The van der Waals surface area contributed by atoms with Crippen LogP contribution in [0.2, 0.25) is 0 Å². The molecule has 2 N–H and O–H groups in total. The fourth-order valence-corrected chi connectivity index (χ4v) is 3.14. The van der Waals surface area contributed by atoms with Crippen LogP contribution in [0.3, 0.4) is 0 Å². The minimum atomic E-state index is 0. The molecule has 1 saturated heterocycles. The normalized spacial score (nSPS) is 16.8. The first-order valence-corrected chi connectivity index (χ1v) is 8.82. The standard InChI is InChI=1S/C18H27N7O.HI/c1-13-22-23-17(24(13)3)11-20-18(19-2)21-14-9-10-25(12-14)15-7-5-6-8-16(15)26-4;/h5-8,14H,9-12H2,1-4H3,(H2,19,20,21);1H. The number of aliphatic imine (C=N–C) groups is 1. The lowest BCUT2D eigenvalue weighted by molar-refractivity contribution is 0.415. The van der Waals surface area contributed by atoms with Crippen molar-refractivity contribution in [3.05, 3.63) is 35.9 Å². The minimum Gasteiger partial charge on any atom is -0.495 e. The molecule has 0 spiro atoms. The van der Waals surface area contributed by atoms with Crippen molar-refractivity contribution < 1.29 is 4.74 Å². The SMILES string of the molecule is CN=C(NCc1nnc(C)n1C)NC1CCN(c2ccccc2OC)C1.I. The fourth-order valence-electron chi connectivity index (χ4n) is 3.14. The van der Waals surface area contributed by atoms with Crippen LogP contribution in [0, 0.1) is 6.92 Å². The molecule has 1 aromatic carbocycles. The van der Waals surface area contributed by atoms with Gasteiger partial charge in [0.05, 0.1) is 19.3 Å². The van der Waals surface area contributed by atoms with Crippen molar-refractivity contribution in [2.24, 2.45) is 12.0 Å². The summed E-state index contributed by atoms with van der Waals surface area (Å²) in [6.07, 6.45) is 1.04. The Balaban J connectivity index is 0.00000261. The van der Waals surface area contributed by atoms with E-state index in [1.807, 2.05) is 36.7 Å². The summed E-state index contributed by atoms with van der Waals surface area (Å²) in [6, 6.07) is 8.47. The van der Waals surface area contributed by atoms with E-state index < -0.39 is 0 Å². The van der Waals surface area contributed by atoms with Crippen molar-refractivity contribution in [3.8, 4) is 5.75 Å². The van der Waals surface area contributed by atoms with E-state index in [0.29, 0.717) is 12.6 Å². The van der Waals surface area contributed by atoms with Gasteiger partial charge in [0, 0.05) is 33.2 Å². The Kier molecular flexibility index (Phi) is 7.69. The highest BCUT2D eigenvalue weighted by Gasteiger charge is 2.25. The van der Waals surface area contributed by atoms with E-state index in [2.05, 4.69) is 36.8 Å². The Labute approximate surface area is 177 Å². The molecule has 1 aliphatic heterocycles. The molecule has 2 aromatic rings. The molecule has 3 rings (SSSR count). The summed E-state index contributed by atoms with van der Waals surface area (Å²) in [7, 11) is 5.46. The van der Waals surface area contributed by atoms with Gasteiger partial charge in [0.15, 0.2) is 11.8 Å². The summed E-state index contributed by atoms with van der Waals surface area (Å²) < 4.78 is 7.45. The summed E-state index contributed by atoms with van der Waals surface area (Å²) in [4.78, 5) is 6.67. The van der Waals surface area contributed by atoms with Crippen molar-refractivity contribution >= 4 is 35.6 Å². The number of guanidine groups is 1. The Morgan fingerprint density at radius 2 is 2.11 bits per heavy atom. The molecule has 148 valence electrons. The lowest BCUT2D eigenvalue weighted by Crippen LogP contribution is -2.44. The predicted octanol–water partition coefficient (Wildman–Crippen LogP) is 1.69. The van der Waals surface area contributed by atoms with Crippen molar-refractivity contribution in [1.29, 1.82) is 0 Å². The first-order chi connectivity index (χ1) is 12.6. The van der Waals surface area contributed by atoms with Gasteiger partial charge in [-0.2, -0.15) is 0 Å². The van der Waals surface area contributed by atoms with Gasteiger partial charge in [0.1, 0.15) is 11.6 Å². The van der Waals surface area contributed by atoms with Crippen LogP contribution in [0.4, 0.5) is 5.69 Å². The molecule has 9 heteroatoms. The maximum atomic E-state index is 5.48. The smallest absolute Gasteiger partial charge is 0.191 e. The molecule has 1 aromatic heterocycles. The number of aromatic nitrogens is 3. The van der Waals surface area contributed by atoms with Gasteiger partial charge >= 0.3 is 0 Å². The summed E-state index contributed by atoms with van der Waals surface area (Å²) in [5.41, 5.74) is 1.14. The second kappa shape index (κ2) is 9.77. The predicted molar refractivity (Wildman–Crippen MR) is 118 cm³/mol. The molecule has 1 atom stereocenters. The summed E-state index contributed by atoms with van der Waals surface area (Å²) in [5.74, 6) is 3.46. The number of halogens is 1. The molecule has 0 bridgehead atoms. The van der Waals surface area contributed by atoms with Crippen LogP contribution >= 0.6 is 24.0 Å². The van der Waals surface area contributed by atoms with E-state index in [1.165, 1.54) is 0 Å². The summed E-state index contributed by atoms with van der Waals surface area (Å²) in [5, 5.41) is 15.1. The molecule has 0 amide bonds. The van der Waals surface area contributed by atoms with Crippen LogP contribution in [-0.4, -0.2) is 54.0 Å². The van der Waals surface area contributed by atoms with Gasteiger partial charge in [-0.3, -0.25) is 4.99 Å². The topological polar surface area (TPSA) is 79.6 Å². The van der Waals surface area contributed by atoms with E-state index in [-0.39, 0.29) is 24.0 Å². The number of ether oxygens (including phenoxy) is 1. The van der Waals surface area contributed by atoms with E-state index in [4.69, 9.17) is 4.74 Å². The molecule has 27 heavy (non-hydrogen) atoms. The second-order valence-electron chi connectivity index (χ2n) is 6.40. The molecule has 1 fully saturated rings. The number of methoxy groups -OCH3 is 1. The second-order valence-corrected chi connectivity index (χ2v) is 6.40. The minimum absolute atomic E-state index is 0. The Hall–Kier alpha value is -2.04. The van der Waals surface area contributed by atoms with Crippen LogP contribution in [0.5, 0.6) is 5.75 Å². The van der Waals surface area contributed by atoms with Crippen LogP contribution in [0.25, 0.3) is 0 Å². The van der Waals surface area contributed by atoms with Crippen molar-refractivity contribution in [3.63, 3.8) is 0 Å². The van der Waals surface area contributed by atoms with Gasteiger partial charge in [0.25, 0.3) is 0 Å². The lowest BCUT2D eigenvalue weighted by Gasteiger charge is -2.22. The number of aryl methyl sites for hydroxylation is 1. The average molecular weight is 485 g/mol. The Morgan fingerprint density at radius 1 is 1.33 bits per heavy atom. The van der Waals surface area contributed by atoms with Gasteiger partial charge in [-0.15, -0.1) is 34.2 Å². The largest absolute Gasteiger partial charge is 0.495 e. The molecule has 1 unspecified atom stereocenters. The number of rotatable bonds is 5. The number of para-hydroxylation sites is 2. The summed E-state index contributed by atoms with van der Waals surface area (Å²) in [6.45, 7) is 4.41. The monoisotopic (exact) mass is 485 g/mol. The highest BCUT2D eigenvalue weighted by Crippen LogP contribution is 2.30. The molecule has 0 aliphatic carbocycles. The Morgan fingerprint density at radius 3 is 2.78 bits per heavy atom. The van der Waals surface area contributed by atoms with Crippen LogP contribution in [0.1, 0.15) is 18.1 Å². The summed E-state index contributed by atoms with van der Waals surface area (Å²) >= 11 is 0. The highest BCUT2D eigenvalue weighted by molar-refractivity contribution is 14.0. The number of benzene rings is 1. The van der Waals surface area contributed by atoms with Gasteiger partial charge < -0.3 is 24.8 Å². The van der Waals surface area contributed by atoms with Gasteiger partial charge in [-0.1, -0.05) is 12.1 Å². The van der Waals surface area contributed by atoms with Crippen molar-refractivity contribution in [2.75, 3.05) is 32.1 Å². The average Bonchev–Trinajstić information content (AvgIpc) is 3.26. The molecular weight excluding hydrogens is 457 g/mol. The van der Waals surface area contributed by atoms with E-state index >= 15 is 0 Å². The third kappa shape index (κ3) is 5.02. The van der Waals surface area contributed by atoms with Crippen LogP contribution in [0.15, 0.2) is 29.3 Å². The Bertz CT molecular complexity index is 777. The highest BCUT2D eigenvalue weighted by atomic mass is 127. The van der Waals surface area contributed by atoms with Gasteiger partial charge in [0.2, 0.25) is 0 Å². The zero-order valence-electron chi connectivity index (χ0n) is 16.3. The number of hydrogen-bond donors (Lipinski definition) is 2. The molecule has 0 radical (unpaired) electrons. The lowest BCUT2D eigenvalue weighted by atomic mass is 10.2. The third-order valence-electron chi connectivity index (χ3n) is 4.78.